The number of rotatable bonds is 7. The smallest absolute Gasteiger partial charge is 0.221 e. The lowest BCUT2D eigenvalue weighted by Gasteiger charge is -2.25. The van der Waals surface area contributed by atoms with Gasteiger partial charge in [0.15, 0.2) is 0 Å². The van der Waals surface area contributed by atoms with Gasteiger partial charge in [0.25, 0.3) is 0 Å². The molecule has 5 heteroatoms. The van der Waals surface area contributed by atoms with Gasteiger partial charge in [-0.2, -0.15) is 0 Å². The summed E-state index contributed by atoms with van der Waals surface area (Å²) in [4.78, 5) is 8.26. The lowest BCUT2D eigenvalue weighted by atomic mass is 9.88. The normalized spacial score (nSPS) is 11.4. The third-order valence-electron chi connectivity index (χ3n) is 2.98. The van der Waals surface area contributed by atoms with Crippen LogP contribution in [0.4, 0.5) is 5.82 Å². The van der Waals surface area contributed by atoms with E-state index in [2.05, 4.69) is 29.1 Å². The summed E-state index contributed by atoms with van der Waals surface area (Å²) in [5.74, 6) is 1.40. The van der Waals surface area contributed by atoms with Crippen LogP contribution in [-0.2, 0) is 0 Å². The quantitative estimate of drug-likeness (QED) is 0.778. The minimum Gasteiger partial charge on any atom is -0.481 e. The lowest BCUT2D eigenvalue weighted by Crippen LogP contribution is -2.24. The molecule has 0 radical (unpaired) electrons. The minimum absolute atomic E-state index is 0.118. The molecule has 1 heterocycles. The lowest BCUT2D eigenvalue weighted by molar-refractivity contribution is 0.248. The van der Waals surface area contributed by atoms with Crippen molar-refractivity contribution in [2.75, 3.05) is 25.6 Å². The third-order valence-corrected chi connectivity index (χ3v) is 2.98. The average Bonchev–Trinajstić information content (AvgIpc) is 2.35. The van der Waals surface area contributed by atoms with Gasteiger partial charge < -0.3 is 15.2 Å². The zero-order chi connectivity index (χ0) is 13.6. The Balaban J connectivity index is 2.63. The molecule has 0 atom stereocenters. The monoisotopic (exact) mass is 253 g/mol. The molecule has 1 rings (SSSR count). The Labute approximate surface area is 109 Å². The van der Waals surface area contributed by atoms with E-state index in [0.29, 0.717) is 5.88 Å². The van der Waals surface area contributed by atoms with E-state index in [1.807, 2.05) is 6.92 Å². The van der Waals surface area contributed by atoms with Crippen molar-refractivity contribution in [2.45, 2.75) is 33.6 Å². The van der Waals surface area contributed by atoms with Gasteiger partial charge in [0.1, 0.15) is 12.1 Å². The van der Waals surface area contributed by atoms with E-state index in [1.165, 1.54) is 6.33 Å². The molecule has 1 aromatic heterocycles. The Kier molecular flexibility index (Phi) is 5.34. The molecule has 0 fully saturated rings. The van der Waals surface area contributed by atoms with Gasteiger partial charge >= 0.3 is 0 Å². The van der Waals surface area contributed by atoms with E-state index >= 15 is 0 Å². The van der Waals surface area contributed by atoms with Crippen molar-refractivity contribution in [1.82, 2.24) is 9.97 Å². The number of anilines is 1. The highest BCUT2D eigenvalue weighted by atomic mass is 16.5. The first kappa shape index (κ1) is 14.7. The molecular formula is C13H23N3O2. The fourth-order valence-corrected chi connectivity index (χ4v) is 1.79. The van der Waals surface area contributed by atoms with Crippen molar-refractivity contribution in [1.29, 1.82) is 0 Å². The fraction of sp³-hybridized carbons (Fsp3) is 0.692. The number of nitrogens with zero attached hydrogens (tertiary/aromatic N) is 2. The summed E-state index contributed by atoms with van der Waals surface area (Å²) in [5.41, 5.74) is 1.03. The zero-order valence-electron chi connectivity index (χ0n) is 11.7. The van der Waals surface area contributed by atoms with Crippen LogP contribution in [-0.4, -0.2) is 35.3 Å². The van der Waals surface area contributed by atoms with Crippen LogP contribution in [0.5, 0.6) is 5.88 Å². The molecule has 0 amide bonds. The Morgan fingerprint density at radius 3 is 2.72 bits per heavy atom. The van der Waals surface area contributed by atoms with E-state index in [1.54, 1.807) is 7.11 Å². The van der Waals surface area contributed by atoms with Crippen LogP contribution in [0, 0.1) is 12.3 Å². The molecule has 18 heavy (non-hydrogen) atoms. The van der Waals surface area contributed by atoms with E-state index in [4.69, 9.17) is 9.84 Å². The van der Waals surface area contributed by atoms with Crippen molar-refractivity contribution in [3.8, 4) is 5.88 Å². The maximum atomic E-state index is 8.87. The largest absolute Gasteiger partial charge is 0.481 e. The molecule has 102 valence electrons. The molecule has 2 N–H and O–H groups in total. The van der Waals surface area contributed by atoms with Crippen molar-refractivity contribution < 1.29 is 9.84 Å². The number of aliphatic hydroxyl groups excluding tert-OH is 1. The Hall–Kier alpha value is -1.36. The number of methoxy groups -OCH3 is 1. The number of aliphatic hydroxyl groups is 1. The summed E-state index contributed by atoms with van der Waals surface area (Å²) < 4.78 is 5.16. The van der Waals surface area contributed by atoms with Gasteiger partial charge in [0, 0.05) is 13.2 Å². The van der Waals surface area contributed by atoms with Gasteiger partial charge in [-0.3, -0.25) is 0 Å². The maximum Gasteiger partial charge on any atom is 0.221 e. The van der Waals surface area contributed by atoms with Gasteiger partial charge in [-0.1, -0.05) is 13.8 Å². The van der Waals surface area contributed by atoms with Crippen molar-refractivity contribution in [2.24, 2.45) is 5.41 Å². The van der Waals surface area contributed by atoms with Gasteiger partial charge in [0.2, 0.25) is 5.88 Å². The number of hydrogen-bond donors (Lipinski definition) is 2. The zero-order valence-corrected chi connectivity index (χ0v) is 11.7. The van der Waals surface area contributed by atoms with Crippen LogP contribution in [0.15, 0.2) is 6.33 Å². The summed E-state index contributed by atoms with van der Waals surface area (Å²) >= 11 is 0. The van der Waals surface area contributed by atoms with Gasteiger partial charge in [-0.15, -0.1) is 0 Å². The second-order valence-corrected chi connectivity index (χ2v) is 5.20. The molecule has 5 nitrogen and oxygen atoms in total. The highest BCUT2D eigenvalue weighted by molar-refractivity contribution is 5.47. The molecule has 0 unspecified atom stereocenters. The summed E-state index contributed by atoms with van der Waals surface area (Å²) in [5, 5.41) is 12.2. The highest BCUT2D eigenvalue weighted by Gasteiger charge is 2.18. The van der Waals surface area contributed by atoms with E-state index < -0.39 is 0 Å². The minimum atomic E-state index is 0.118. The fourth-order valence-electron chi connectivity index (χ4n) is 1.79. The van der Waals surface area contributed by atoms with Crippen molar-refractivity contribution in [3.63, 3.8) is 0 Å². The topological polar surface area (TPSA) is 67.3 Å². The third kappa shape index (κ3) is 4.14. The average molecular weight is 253 g/mol. The van der Waals surface area contributed by atoms with Crippen molar-refractivity contribution >= 4 is 5.82 Å². The van der Waals surface area contributed by atoms with Crippen molar-refractivity contribution in [3.05, 3.63) is 11.9 Å². The van der Waals surface area contributed by atoms with Crippen LogP contribution >= 0.6 is 0 Å². The molecule has 0 saturated heterocycles. The number of hydrogen-bond acceptors (Lipinski definition) is 5. The Morgan fingerprint density at radius 2 is 2.11 bits per heavy atom. The molecule has 0 spiro atoms. The summed E-state index contributed by atoms with van der Waals surface area (Å²) in [6, 6.07) is 0. The first-order chi connectivity index (χ1) is 8.50. The summed E-state index contributed by atoms with van der Waals surface area (Å²) in [6.45, 7) is 7.31. The van der Waals surface area contributed by atoms with Crippen LogP contribution in [0.2, 0.25) is 0 Å². The van der Waals surface area contributed by atoms with Gasteiger partial charge in [-0.25, -0.2) is 9.97 Å². The molecule has 0 aliphatic heterocycles. The molecule has 0 bridgehead atoms. The van der Waals surface area contributed by atoms with E-state index in [9.17, 15) is 0 Å². The first-order valence-corrected chi connectivity index (χ1v) is 6.20. The predicted octanol–water partition coefficient (Wildman–Crippen LogP) is 2.00. The Bertz CT molecular complexity index is 380. The van der Waals surface area contributed by atoms with Crippen LogP contribution in [0.3, 0.4) is 0 Å². The maximum absolute atomic E-state index is 8.87. The molecule has 1 aromatic rings. The van der Waals surface area contributed by atoms with Crippen LogP contribution in [0.25, 0.3) is 0 Å². The summed E-state index contributed by atoms with van der Waals surface area (Å²) in [7, 11) is 1.60. The number of nitrogens with one attached hydrogen (secondary N) is 1. The molecule has 0 aliphatic carbocycles. The SMILES string of the molecule is COc1ncnc(NCC(C)(C)CCCO)c1C. The molecule has 0 aromatic carbocycles. The van der Waals surface area contributed by atoms with Gasteiger partial charge in [0.05, 0.1) is 12.7 Å². The van der Waals surface area contributed by atoms with E-state index in [-0.39, 0.29) is 12.0 Å². The second-order valence-electron chi connectivity index (χ2n) is 5.20. The highest BCUT2D eigenvalue weighted by Crippen LogP contribution is 2.25. The van der Waals surface area contributed by atoms with Crippen LogP contribution < -0.4 is 10.1 Å². The van der Waals surface area contributed by atoms with Gasteiger partial charge in [-0.05, 0) is 25.2 Å². The molecule has 0 aliphatic rings. The molecule has 0 saturated carbocycles. The number of aromatic nitrogens is 2. The standard InChI is InChI=1S/C13H23N3O2/c1-10-11(15-9-16-12(10)18-4)14-8-13(2,3)6-5-7-17/h9,17H,5-8H2,1-4H3,(H,14,15,16). The predicted molar refractivity (Wildman–Crippen MR) is 71.9 cm³/mol. The first-order valence-electron chi connectivity index (χ1n) is 6.20. The Morgan fingerprint density at radius 1 is 1.39 bits per heavy atom. The number of ether oxygens (including phenoxy) is 1. The summed E-state index contributed by atoms with van der Waals surface area (Å²) in [6.07, 6.45) is 3.29. The second kappa shape index (κ2) is 6.54. The van der Waals surface area contributed by atoms with E-state index in [0.717, 1.165) is 30.8 Å². The molecular weight excluding hydrogens is 230 g/mol. The van der Waals surface area contributed by atoms with Crippen LogP contribution in [0.1, 0.15) is 32.3 Å².